The van der Waals surface area contributed by atoms with Gasteiger partial charge in [-0.2, -0.15) is 0 Å². The second-order valence-corrected chi connectivity index (χ2v) is 7.08. The first-order chi connectivity index (χ1) is 5.19. The SMILES string of the molecule is CC(C)(C)N(CPP)C(C)(C)C. The Balaban J connectivity index is 4.45. The molecule has 0 aliphatic rings. The second kappa shape index (κ2) is 4.36. The topological polar surface area (TPSA) is 3.24 Å². The van der Waals surface area contributed by atoms with Crippen LogP contribution in [0.25, 0.3) is 0 Å². The van der Waals surface area contributed by atoms with E-state index in [2.05, 4.69) is 55.4 Å². The van der Waals surface area contributed by atoms with Gasteiger partial charge >= 0.3 is 0 Å². The van der Waals surface area contributed by atoms with E-state index in [0.29, 0.717) is 0 Å². The third kappa shape index (κ3) is 4.17. The van der Waals surface area contributed by atoms with Crippen LogP contribution >= 0.6 is 17.2 Å². The smallest absolute Gasteiger partial charge is 0.0201 e. The minimum atomic E-state index is 0.280. The van der Waals surface area contributed by atoms with Crippen molar-refractivity contribution in [3.05, 3.63) is 0 Å². The summed E-state index contributed by atoms with van der Waals surface area (Å²) in [6, 6.07) is 0. The van der Waals surface area contributed by atoms with Crippen LogP contribution in [0.2, 0.25) is 0 Å². The lowest BCUT2D eigenvalue weighted by atomic mass is 9.97. The number of hydrogen-bond acceptors (Lipinski definition) is 1. The van der Waals surface area contributed by atoms with Gasteiger partial charge in [0.15, 0.2) is 0 Å². The summed E-state index contributed by atoms with van der Waals surface area (Å²) < 4.78 is 0. The minimum Gasteiger partial charge on any atom is -0.290 e. The first-order valence-corrected chi connectivity index (χ1v) is 7.42. The molecule has 0 saturated carbocycles. The van der Waals surface area contributed by atoms with E-state index in [-0.39, 0.29) is 11.1 Å². The zero-order chi connectivity index (χ0) is 9.99. The van der Waals surface area contributed by atoms with Crippen LogP contribution < -0.4 is 0 Å². The highest BCUT2D eigenvalue weighted by atomic mass is 32.0. The molecule has 0 fully saturated rings. The molecule has 74 valence electrons. The van der Waals surface area contributed by atoms with Crippen molar-refractivity contribution in [3.8, 4) is 0 Å². The molecule has 12 heavy (non-hydrogen) atoms. The van der Waals surface area contributed by atoms with Crippen LogP contribution in [0, 0.1) is 0 Å². The molecular weight excluding hydrogens is 184 g/mol. The van der Waals surface area contributed by atoms with Crippen molar-refractivity contribution in [2.75, 3.05) is 6.29 Å². The largest absolute Gasteiger partial charge is 0.290 e. The standard InChI is InChI=1S/C9H23NP2/c1-8(2,3)10(7-12-11)9(4,5)6/h12H,7,11H2,1-6H3. The van der Waals surface area contributed by atoms with E-state index in [4.69, 9.17) is 0 Å². The van der Waals surface area contributed by atoms with Gasteiger partial charge in [0.1, 0.15) is 0 Å². The molecule has 0 aromatic heterocycles. The fraction of sp³-hybridized carbons (Fsp3) is 1.00. The molecule has 0 bridgehead atoms. The molecule has 0 spiro atoms. The van der Waals surface area contributed by atoms with Crippen LogP contribution in [0.1, 0.15) is 41.5 Å². The Bertz CT molecular complexity index is 118. The quantitative estimate of drug-likeness (QED) is 0.628. The zero-order valence-corrected chi connectivity index (χ0v) is 11.4. The van der Waals surface area contributed by atoms with Crippen LogP contribution in [0.15, 0.2) is 0 Å². The molecule has 0 N–H and O–H groups in total. The van der Waals surface area contributed by atoms with Gasteiger partial charge in [0.25, 0.3) is 0 Å². The molecule has 0 radical (unpaired) electrons. The highest BCUT2D eigenvalue weighted by Crippen LogP contribution is 2.31. The highest BCUT2D eigenvalue weighted by Gasteiger charge is 2.30. The molecule has 0 saturated heterocycles. The molecule has 1 nitrogen and oxygen atoms in total. The van der Waals surface area contributed by atoms with E-state index >= 15 is 0 Å². The third-order valence-electron chi connectivity index (χ3n) is 1.87. The molecule has 0 heterocycles. The predicted molar refractivity (Wildman–Crippen MR) is 64.2 cm³/mol. The lowest BCUT2D eigenvalue weighted by Gasteiger charge is -2.45. The number of rotatable bonds is 2. The Morgan fingerprint density at radius 3 is 1.42 bits per heavy atom. The Morgan fingerprint density at radius 2 is 1.33 bits per heavy atom. The molecule has 0 rings (SSSR count). The molecule has 0 amide bonds. The van der Waals surface area contributed by atoms with E-state index in [1.54, 1.807) is 0 Å². The maximum Gasteiger partial charge on any atom is 0.0201 e. The summed E-state index contributed by atoms with van der Waals surface area (Å²) in [5.74, 6) is 0. The second-order valence-electron chi connectivity index (χ2n) is 5.13. The molecule has 2 atom stereocenters. The molecule has 0 aliphatic carbocycles. The van der Waals surface area contributed by atoms with Gasteiger partial charge < -0.3 is 0 Å². The first-order valence-electron chi connectivity index (χ1n) is 4.41. The summed E-state index contributed by atoms with van der Waals surface area (Å²) >= 11 is 0. The first kappa shape index (κ1) is 12.8. The zero-order valence-electron chi connectivity index (χ0n) is 9.23. The molecule has 3 heteroatoms. The van der Waals surface area contributed by atoms with Gasteiger partial charge in [0.2, 0.25) is 0 Å². The predicted octanol–water partition coefficient (Wildman–Crippen LogP) is 3.31. The van der Waals surface area contributed by atoms with Crippen molar-refractivity contribution >= 4 is 17.2 Å². The average molecular weight is 207 g/mol. The van der Waals surface area contributed by atoms with E-state index in [0.717, 1.165) is 8.27 Å². The summed E-state index contributed by atoms with van der Waals surface area (Å²) in [4.78, 5) is 2.55. The molecule has 0 aromatic rings. The van der Waals surface area contributed by atoms with Crippen LogP contribution in [0.4, 0.5) is 0 Å². The maximum absolute atomic E-state index is 2.83. The average Bonchev–Trinajstić information content (AvgIpc) is 1.77. The summed E-state index contributed by atoms with van der Waals surface area (Å²) in [5.41, 5.74) is 0.559. The van der Waals surface area contributed by atoms with Gasteiger partial charge in [-0.1, -0.05) is 8.27 Å². The van der Waals surface area contributed by atoms with Gasteiger partial charge in [-0.05, 0) is 41.5 Å². The summed E-state index contributed by atoms with van der Waals surface area (Å²) in [6.07, 6.45) is 1.18. The summed E-state index contributed by atoms with van der Waals surface area (Å²) in [7, 11) is 3.75. The minimum absolute atomic E-state index is 0.280. The molecule has 0 aliphatic heterocycles. The molecular formula is C9H23NP2. The highest BCUT2D eigenvalue weighted by molar-refractivity contribution is 8.02. The molecule has 2 unspecified atom stereocenters. The number of hydrogen-bond donors (Lipinski definition) is 0. The van der Waals surface area contributed by atoms with Crippen LogP contribution in [-0.4, -0.2) is 22.3 Å². The third-order valence-corrected chi connectivity index (χ3v) is 2.92. The van der Waals surface area contributed by atoms with Crippen molar-refractivity contribution in [2.45, 2.75) is 52.6 Å². The van der Waals surface area contributed by atoms with Crippen LogP contribution in [0.5, 0.6) is 0 Å². The van der Waals surface area contributed by atoms with Crippen LogP contribution in [0.3, 0.4) is 0 Å². The summed E-state index contributed by atoms with van der Waals surface area (Å²) in [5, 5.41) is 0. The Labute approximate surface area is 81.6 Å². The van der Waals surface area contributed by atoms with Crippen molar-refractivity contribution in [2.24, 2.45) is 0 Å². The van der Waals surface area contributed by atoms with Crippen molar-refractivity contribution in [1.82, 2.24) is 4.90 Å². The van der Waals surface area contributed by atoms with E-state index < -0.39 is 0 Å². The lowest BCUT2D eigenvalue weighted by Crippen LogP contribution is -2.51. The molecule has 0 aromatic carbocycles. The van der Waals surface area contributed by atoms with Gasteiger partial charge in [-0.3, -0.25) is 4.90 Å². The van der Waals surface area contributed by atoms with E-state index in [1.165, 1.54) is 6.29 Å². The van der Waals surface area contributed by atoms with Gasteiger partial charge in [-0.25, -0.2) is 0 Å². The monoisotopic (exact) mass is 207 g/mol. The van der Waals surface area contributed by atoms with Crippen LogP contribution in [-0.2, 0) is 0 Å². The number of nitrogens with zero attached hydrogens (tertiary/aromatic N) is 1. The Hall–Kier alpha value is 0.820. The lowest BCUT2D eigenvalue weighted by molar-refractivity contribution is 0.0616. The maximum atomic E-state index is 2.83. The van der Waals surface area contributed by atoms with Crippen molar-refractivity contribution in [3.63, 3.8) is 0 Å². The van der Waals surface area contributed by atoms with Gasteiger partial charge in [0, 0.05) is 17.4 Å². The Kier molecular flexibility index (Phi) is 4.66. The van der Waals surface area contributed by atoms with Gasteiger partial charge in [-0.15, -0.1) is 8.93 Å². The van der Waals surface area contributed by atoms with E-state index in [9.17, 15) is 0 Å². The van der Waals surface area contributed by atoms with Crippen molar-refractivity contribution in [1.29, 1.82) is 0 Å². The summed E-state index contributed by atoms with van der Waals surface area (Å²) in [6.45, 7) is 13.7. The van der Waals surface area contributed by atoms with Gasteiger partial charge in [0.05, 0.1) is 0 Å². The fourth-order valence-corrected chi connectivity index (χ4v) is 3.25. The normalized spacial score (nSPS) is 15.0. The van der Waals surface area contributed by atoms with Crippen molar-refractivity contribution < 1.29 is 0 Å². The van der Waals surface area contributed by atoms with E-state index in [1.807, 2.05) is 0 Å². The fourth-order valence-electron chi connectivity index (χ4n) is 1.57. The Morgan fingerprint density at radius 1 is 1.00 bits per heavy atom.